The third kappa shape index (κ3) is 4.22. The minimum atomic E-state index is -0.373. The molecule has 4 heteroatoms. The molecule has 0 radical (unpaired) electrons. The van der Waals surface area contributed by atoms with E-state index in [0.29, 0.717) is 22.8 Å². The van der Waals surface area contributed by atoms with Crippen LogP contribution in [-0.4, -0.2) is 11.2 Å². The van der Waals surface area contributed by atoms with Gasteiger partial charge in [0.15, 0.2) is 0 Å². The summed E-state index contributed by atoms with van der Waals surface area (Å²) in [5, 5.41) is 9.78. The predicted octanol–water partition coefficient (Wildman–Crippen LogP) is 3.98. The normalized spacial score (nSPS) is 12.2. The number of rotatable bonds is 5. The molecule has 0 aromatic heterocycles. The van der Waals surface area contributed by atoms with E-state index in [-0.39, 0.29) is 18.5 Å². The fourth-order valence-electron chi connectivity index (χ4n) is 1.88. The molecule has 1 N–H and O–H groups in total. The van der Waals surface area contributed by atoms with Gasteiger partial charge < -0.3 is 9.84 Å². The van der Waals surface area contributed by atoms with E-state index in [1.165, 1.54) is 12.1 Å². The molecule has 0 aliphatic rings. The maximum absolute atomic E-state index is 13.5. The Morgan fingerprint density at radius 1 is 1.20 bits per heavy atom. The zero-order valence-electron chi connectivity index (χ0n) is 11.1. The van der Waals surface area contributed by atoms with Gasteiger partial charge in [-0.15, -0.1) is 0 Å². The van der Waals surface area contributed by atoms with Gasteiger partial charge in [0.25, 0.3) is 0 Å². The molecule has 2 aromatic rings. The lowest BCUT2D eigenvalue weighted by Crippen LogP contribution is -2.04. The first-order valence-corrected chi connectivity index (χ1v) is 6.76. The minimum Gasteiger partial charge on any atom is -0.489 e. The van der Waals surface area contributed by atoms with E-state index in [0.717, 1.165) is 5.56 Å². The highest BCUT2D eigenvalue weighted by molar-refractivity contribution is 6.30. The van der Waals surface area contributed by atoms with Crippen LogP contribution in [0.3, 0.4) is 0 Å². The summed E-state index contributed by atoms with van der Waals surface area (Å²) in [7, 11) is 0. The van der Waals surface area contributed by atoms with Crippen molar-refractivity contribution in [2.75, 3.05) is 0 Å². The fraction of sp³-hybridized carbons (Fsp3) is 0.250. The number of aliphatic hydroxyl groups is 1. The zero-order chi connectivity index (χ0) is 14.5. The van der Waals surface area contributed by atoms with Crippen LogP contribution in [0.4, 0.5) is 4.39 Å². The van der Waals surface area contributed by atoms with Gasteiger partial charge in [0.1, 0.15) is 18.2 Å². The van der Waals surface area contributed by atoms with Crippen molar-refractivity contribution in [1.82, 2.24) is 0 Å². The molecule has 2 nitrogen and oxygen atoms in total. The third-order valence-corrected chi connectivity index (χ3v) is 3.09. The standard InChI is InChI=1S/C16H16ClFO2/c1-11(19)8-12-2-5-15(6-3-12)20-10-13-9-14(17)4-7-16(13)18/h2-7,9,11,19H,8,10H2,1H3. The van der Waals surface area contributed by atoms with Crippen LogP contribution >= 0.6 is 11.6 Å². The molecule has 106 valence electrons. The van der Waals surface area contributed by atoms with Gasteiger partial charge in [-0.1, -0.05) is 23.7 Å². The molecule has 0 bridgehead atoms. The van der Waals surface area contributed by atoms with Crippen molar-refractivity contribution in [1.29, 1.82) is 0 Å². The molecule has 0 fully saturated rings. The molecule has 0 saturated carbocycles. The van der Waals surface area contributed by atoms with Gasteiger partial charge in [-0.05, 0) is 49.2 Å². The molecule has 1 unspecified atom stereocenters. The topological polar surface area (TPSA) is 29.5 Å². The number of hydrogen-bond donors (Lipinski definition) is 1. The van der Waals surface area contributed by atoms with Crippen LogP contribution in [0.1, 0.15) is 18.1 Å². The van der Waals surface area contributed by atoms with Crippen LogP contribution < -0.4 is 4.74 Å². The van der Waals surface area contributed by atoms with Crippen molar-refractivity contribution in [3.05, 3.63) is 64.4 Å². The van der Waals surface area contributed by atoms with Crippen LogP contribution in [-0.2, 0) is 13.0 Å². The second-order valence-electron chi connectivity index (χ2n) is 4.72. The summed E-state index contributed by atoms with van der Waals surface area (Å²) in [6.45, 7) is 1.87. The Labute approximate surface area is 122 Å². The van der Waals surface area contributed by atoms with Crippen molar-refractivity contribution in [3.8, 4) is 5.75 Å². The second kappa shape index (κ2) is 6.73. The van der Waals surface area contributed by atoms with Gasteiger partial charge in [-0.3, -0.25) is 0 Å². The van der Waals surface area contributed by atoms with Gasteiger partial charge in [0, 0.05) is 10.6 Å². The Morgan fingerprint density at radius 2 is 1.90 bits per heavy atom. The highest BCUT2D eigenvalue weighted by atomic mass is 35.5. The van der Waals surface area contributed by atoms with Crippen molar-refractivity contribution in [2.24, 2.45) is 0 Å². The highest BCUT2D eigenvalue weighted by Gasteiger charge is 2.05. The molecule has 1 atom stereocenters. The van der Waals surface area contributed by atoms with Gasteiger partial charge in [-0.2, -0.15) is 0 Å². The van der Waals surface area contributed by atoms with E-state index in [2.05, 4.69) is 0 Å². The first-order valence-electron chi connectivity index (χ1n) is 6.38. The molecule has 0 heterocycles. The van der Waals surface area contributed by atoms with Gasteiger partial charge in [0.05, 0.1) is 6.10 Å². The number of benzene rings is 2. The number of hydrogen-bond acceptors (Lipinski definition) is 2. The summed E-state index contributed by atoms with van der Waals surface area (Å²) in [5.74, 6) is 0.318. The van der Waals surface area contributed by atoms with Gasteiger partial charge >= 0.3 is 0 Å². The Balaban J connectivity index is 1.98. The molecule has 0 aliphatic heterocycles. The van der Waals surface area contributed by atoms with Crippen molar-refractivity contribution < 1.29 is 14.2 Å². The molecule has 0 amide bonds. The lowest BCUT2D eigenvalue weighted by atomic mass is 10.1. The van der Waals surface area contributed by atoms with E-state index < -0.39 is 0 Å². The molecule has 0 spiro atoms. The van der Waals surface area contributed by atoms with Crippen molar-refractivity contribution in [3.63, 3.8) is 0 Å². The Bertz CT molecular complexity index is 567. The van der Waals surface area contributed by atoms with Crippen molar-refractivity contribution in [2.45, 2.75) is 26.1 Å². The van der Waals surface area contributed by atoms with E-state index in [1.54, 1.807) is 25.1 Å². The molecular formula is C16H16ClFO2. The highest BCUT2D eigenvalue weighted by Crippen LogP contribution is 2.19. The summed E-state index contributed by atoms with van der Waals surface area (Å²) < 4.78 is 19.0. The maximum Gasteiger partial charge on any atom is 0.129 e. The van der Waals surface area contributed by atoms with E-state index in [9.17, 15) is 9.50 Å². The van der Waals surface area contributed by atoms with Crippen molar-refractivity contribution >= 4 is 11.6 Å². The number of halogens is 2. The minimum absolute atomic E-state index is 0.127. The summed E-state index contributed by atoms with van der Waals surface area (Å²) in [6, 6.07) is 11.8. The average molecular weight is 295 g/mol. The summed E-state index contributed by atoms with van der Waals surface area (Å²) >= 11 is 5.82. The Hall–Kier alpha value is -1.58. The molecule has 2 rings (SSSR count). The van der Waals surface area contributed by atoms with Crippen LogP contribution in [0.5, 0.6) is 5.75 Å². The average Bonchev–Trinajstić information content (AvgIpc) is 2.41. The smallest absolute Gasteiger partial charge is 0.129 e. The van der Waals surface area contributed by atoms with Crippen LogP contribution in [0.2, 0.25) is 5.02 Å². The predicted molar refractivity (Wildman–Crippen MR) is 77.6 cm³/mol. The summed E-state index contributed by atoms with van der Waals surface area (Å²) in [4.78, 5) is 0. The first kappa shape index (κ1) is 14.8. The quantitative estimate of drug-likeness (QED) is 0.904. The van der Waals surface area contributed by atoms with Crippen LogP contribution in [0.25, 0.3) is 0 Å². The lowest BCUT2D eigenvalue weighted by molar-refractivity contribution is 0.195. The SMILES string of the molecule is CC(O)Cc1ccc(OCc2cc(Cl)ccc2F)cc1. The molecule has 0 saturated heterocycles. The number of ether oxygens (including phenoxy) is 1. The molecular weight excluding hydrogens is 279 g/mol. The van der Waals surface area contributed by atoms with E-state index >= 15 is 0 Å². The lowest BCUT2D eigenvalue weighted by Gasteiger charge is -2.09. The van der Waals surface area contributed by atoms with Crippen LogP contribution in [0, 0.1) is 5.82 Å². The zero-order valence-corrected chi connectivity index (χ0v) is 11.9. The fourth-order valence-corrected chi connectivity index (χ4v) is 2.07. The van der Waals surface area contributed by atoms with E-state index in [1.807, 2.05) is 12.1 Å². The Morgan fingerprint density at radius 3 is 2.55 bits per heavy atom. The third-order valence-electron chi connectivity index (χ3n) is 2.86. The molecule has 20 heavy (non-hydrogen) atoms. The van der Waals surface area contributed by atoms with Crippen LogP contribution in [0.15, 0.2) is 42.5 Å². The first-order chi connectivity index (χ1) is 9.54. The summed E-state index contributed by atoms with van der Waals surface area (Å²) in [6.07, 6.45) is 0.228. The number of aliphatic hydroxyl groups excluding tert-OH is 1. The molecule has 0 aliphatic carbocycles. The largest absolute Gasteiger partial charge is 0.489 e. The van der Waals surface area contributed by atoms with Gasteiger partial charge in [-0.25, -0.2) is 4.39 Å². The van der Waals surface area contributed by atoms with Gasteiger partial charge in [0.2, 0.25) is 0 Å². The monoisotopic (exact) mass is 294 g/mol. The van der Waals surface area contributed by atoms with E-state index in [4.69, 9.17) is 16.3 Å². The maximum atomic E-state index is 13.5. The summed E-state index contributed by atoms with van der Waals surface area (Å²) in [5.41, 5.74) is 1.45. The second-order valence-corrected chi connectivity index (χ2v) is 5.16. The molecule has 2 aromatic carbocycles. The Kier molecular flexibility index (Phi) is 4.99.